The molecule has 4 aromatic rings. The number of aliphatic carboxylic acids is 2. The number of ketones is 1. The smallest absolute Gasteiger partial charge is 0.322 e. The van der Waals surface area contributed by atoms with Gasteiger partial charge in [0.2, 0.25) is 17.7 Å². The van der Waals surface area contributed by atoms with Gasteiger partial charge in [-0.05, 0) is 30.7 Å². The van der Waals surface area contributed by atoms with E-state index in [1.807, 2.05) is 0 Å². The lowest BCUT2D eigenvalue weighted by atomic mass is 10.1. The molecule has 3 atom stereocenters. The second-order valence-corrected chi connectivity index (χ2v) is 17.1. The van der Waals surface area contributed by atoms with Gasteiger partial charge in [-0.2, -0.15) is 11.8 Å². The zero-order chi connectivity index (χ0) is 49.7. The van der Waals surface area contributed by atoms with Crippen LogP contribution in [0.5, 0.6) is 0 Å². The van der Waals surface area contributed by atoms with Crippen molar-refractivity contribution in [3.8, 4) is 0 Å². The standard InChI is InChI=1S/C40H51BrN14O11S/c1-52-14-20(9-27(52)31(56)7-8-45-40(43)44)48-36(62)29-11-22(16-54(29)3)50-38(64)30-12-23(17-55(30)4)49-37(63)28-10-21(15-53(28)2)47-34(60)24(41)18-67-19-26(35(61)46-13-33(58)59)51-32(57)6-5-25(42)39(65)66/h9-12,14-17,24-26H,5-8,13,18-19,42H2,1-4H3,(H,46,61)(H,47,60)(H,48,62)(H,49,63)(H,50,64)(H,51,57)(H,58,59)(H,65,66)(H4,43,44,45). The van der Waals surface area contributed by atoms with Crippen LogP contribution in [-0.2, 0) is 52.2 Å². The highest BCUT2D eigenvalue weighted by Crippen LogP contribution is 2.22. The number of aromatic nitrogens is 4. The summed E-state index contributed by atoms with van der Waals surface area (Å²) in [4.78, 5) is 116. The van der Waals surface area contributed by atoms with Crippen molar-refractivity contribution in [1.29, 1.82) is 0 Å². The number of halogens is 1. The number of thioether (sulfide) groups is 1. The molecule has 0 aliphatic heterocycles. The van der Waals surface area contributed by atoms with Gasteiger partial charge in [0.05, 0.1) is 35.0 Å². The minimum absolute atomic E-state index is 0.0663. The number of carbonyl (C=O) groups is 9. The highest BCUT2D eigenvalue weighted by molar-refractivity contribution is 9.10. The molecular formula is C40H51BrN14O11S. The average Bonchev–Trinajstić information content (AvgIpc) is 4.02. The van der Waals surface area contributed by atoms with E-state index in [9.17, 15) is 43.2 Å². The number of amides is 6. The van der Waals surface area contributed by atoms with Crippen LogP contribution in [0.4, 0.5) is 22.7 Å². The molecule has 27 heteroatoms. The molecule has 0 aliphatic carbocycles. The molecular weight excluding hydrogens is 964 g/mol. The molecule has 0 saturated carbocycles. The van der Waals surface area contributed by atoms with Gasteiger partial charge in [-0.1, -0.05) is 15.9 Å². The first-order valence-corrected chi connectivity index (χ1v) is 22.1. The van der Waals surface area contributed by atoms with Gasteiger partial charge >= 0.3 is 11.9 Å². The Bertz CT molecular complexity index is 2570. The van der Waals surface area contributed by atoms with Gasteiger partial charge in [0, 0.05) is 77.3 Å². The van der Waals surface area contributed by atoms with Gasteiger partial charge < -0.3 is 77.6 Å². The van der Waals surface area contributed by atoms with Crippen molar-refractivity contribution in [3.63, 3.8) is 0 Å². The Labute approximate surface area is 394 Å². The Balaban J connectivity index is 1.30. The van der Waals surface area contributed by atoms with E-state index in [0.29, 0.717) is 17.1 Å². The average molecular weight is 1020 g/mol. The number of hydrogen-bond donors (Lipinski definition) is 11. The van der Waals surface area contributed by atoms with E-state index >= 15 is 0 Å². The molecule has 25 nitrogen and oxygen atoms in total. The van der Waals surface area contributed by atoms with Gasteiger partial charge in [0.15, 0.2) is 11.7 Å². The van der Waals surface area contributed by atoms with Gasteiger partial charge in [-0.3, -0.25) is 48.1 Å². The molecule has 0 saturated heterocycles. The number of Topliss-reactive ketones (excluding diaryl/α,β-unsaturated/α-hetero) is 1. The first-order chi connectivity index (χ1) is 31.5. The third-order valence-corrected chi connectivity index (χ3v) is 11.9. The zero-order valence-corrected chi connectivity index (χ0v) is 39.0. The molecule has 0 radical (unpaired) electrons. The lowest BCUT2D eigenvalue weighted by Gasteiger charge is -2.19. The topological polar surface area (TPSA) is 376 Å². The van der Waals surface area contributed by atoms with Gasteiger partial charge in [0.1, 0.15) is 40.5 Å². The molecule has 0 fully saturated rings. The van der Waals surface area contributed by atoms with Crippen LogP contribution in [0.25, 0.3) is 0 Å². The summed E-state index contributed by atoms with van der Waals surface area (Å²) in [7, 11) is 6.47. The highest BCUT2D eigenvalue weighted by Gasteiger charge is 2.25. The van der Waals surface area contributed by atoms with Crippen molar-refractivity contribution in [2.24, 2.45) is 50.4 Å². The molecule has 4 heterocycles. The number of rotatable bonds is 24. The van der Waals surface area contributed by atoms with Gasteiger partial charge in [-0.25, -0.2) is 0 Å². The monoisotopic (exact) mass is 1010 g/mol. The highest BCUT2D eigenvalue weighted by atomic mass is 79.9. The first kappa shape index (κ1) is 52.2. The first-order valence-electron chi connectivity index (χ1n) is 20.0. The summed E-state index contributed by atoms with van der Waals surface area (Å²) in [6.45, 7) is -0.590. The second kappa shape index (κ2) is 23.7. The Morgan fingerprint density at radius 1 is 0.672 bits per heavy atom. The van der Waals surface area contributed by atoms with Crippen LogP contribution in [0.15, 0.2) is 54.0 Å². The Hall–Kier alpha value is -7.39. The number of guanidine groups is 1. The van der Waals surface area contributed by atoms with Crippen LogP contribution < -0.4 is 49.1 Å². The van der Waals surface area contributed by atoms with Crippen molar-refractivity contribution in [2.75, 3.05) is 45.9 Å². The Kier molecular flexibility index (Phi) is 18.5. The number of alkyl halides is 1. The summed E-state index contributed by atoms with van der Waals surface area (Å²) in [6.07, 6.45) is 5.72. The molecule has 67 heavy (non-hydrogen) atoms. The van der Waals surface area contributed by atoms with Crippen molar-refractivity contribution in [2.45, 2.75) is 36.2 Å². The van der Waals surface area contributed by atoms with E-state index in [-0.39, 0.29) is 77.5 Å². The fraction of sp³-hybridized carbons (Fsp3) is 0.350. The predicted molar refractivity (Wildman–Crippen MR) is 251 cm³/mol. The molecule has 0 aliphatic rings. The maximum Gasteiger partial charge on any atom is 0.322 e. The van der Waals surface area contributed by atoms with Crippen LogP contribution in [0, 0.1) is 0 Å². The van der Waals surface area contributed by atoms with Crippen LogP contribution in [-0.4, -0.2) is 129 Å². The number of nitrogens with zero attached hydrogens (tertiary/aromatic N) is 5. The summed E-state index contributed by atoms with van der Waals surface area (Å²) in [5.41, 5.74) is 18.2. The number of anilines is 4. The Morgan fingerprint density at radius 3 is 1.57 bits per heavy atom. The number of aryl methyl sites for hydroxylation is 4. The fourth-order valence-electron chi connectivity index (χ4n) is 6.22. The summed E-state index contributed by atoms with van der Waals surface area (Å²) in [5, 5.41) is 33.4. The van der Waals surface area contributed by atoms with Crippen molar-refractivity contribution in [1.82, 2.24) is 28.9 Å². The van der Waals surface area contributed by atoms with E-state index < -0.39 is 70.8 Å². The third kappa shape index (κ3) is 15.4. The molecule has 0 bridgehead atoms. The number of carbonyl (C=O) groups excluding carboxylic acids is 7. The minimum Gasteiger partial charge on any atom is -0.480 e. The molecule has 0 aromatic carbocycles. The molecule has 0 spiro atoms. The van der Waals surface area contributed by atoms with Crippen LogP contribution in [0.1, 0.15) is 61.2 Å². The van der Waals surface area contributed by atoms with Crippen molar-refractivity contribution < 1.29 is 53.4 Å². The summed E-state index contributed by atoms with van der Waals surface area (Å²) < 4.78 is 6.06. The summed E-state index contributed by atoms with van der Waals surface area (Å²) in [5.74, 6) is -6.55. The van der Waals surface area contributed by atoms with Gasteiger partial charge in [-0.15, -0.1) is 0 Å². The molecule has 360 valence electrons. The molecule has 6 amide bonds. The third-order valence-electron chi connectivity index (χ3n) is 9.58. The molecule has 4 aromatic heterocycles. The summed E-state index contributed by atoms with van der Waals surface area (Å²) in [6, 6.07) is 3.39. The van der Waals surface area contributed by atoms with E-state index in [4.69, 9.17) is 27.4 Å². The second-order valence-electron chi connectivity index (χ2n) is 15.0. The van der Waals surface area contributed by atoms with Crippen LogP contribution >= 0.6 is 27.7 Å². The van der Waals surface area contributed by atoms with Crippen molar-refractivity contribution in [3.05, 3.63) is 71.8 Å². The number of carboxylic acids is 2. The van der Waals surface area contributed by atoms with Gasteiger partial charge in [0.25, 0.3) is 17.7 Å². The quantitative estimate of drug-likeness (QED) is 0.0190. The molecule has 4 rings (SSSR count). The number of hydrogen-bond acceptors (Lipinski definition) is 12. The number of nitrogens with one attached hydrogen (secondary N) is 6. The zero-order valence-electron chi connectivity index (χ0n) is 36.6. The van der Waals surface area contributed by atoms with E-state index in [1.165, 1.54) is 50.4 Å². The van der Waals surface area contributed by atoms with E-state index in [1.54, 1.807) is 45.2 Å². The number of nitrogens with two attached hydrogens (primary N) is 3. The molecule has 3 unspecified atom stereocenters. The predicted octanol–water partition coefficient (Wildman–Crippen LogP) is -0.0434. The number of aliphatic imine (C=N–C) groups is 1. The maximum absolute atomic E-state index is 13.4. The lowest BCUT2D eigenvalue weighted by Crippen LogP contribution is -2.49. The lowest BCUT2D eigenvalue weighted by molar-refractivity contribution is -0.139. The SMILES string of the molecule is Cn1cc(NC(=O)c2cc(NC(=O)c3cc(NC(=O)c4cc(NC(=O)C(Br)CSCC(NC(=O)CCC(N)C(=O)O)C(=O)NCC(=O)O)cn4C)cn3C)cn2C)cc1C(=O)CCN=C(N)N. The minimum atomic E-state index is -1.31. The van der Waals surface area contributed by atoms with Crippen LogP contribution in [0.2, 0.25) is 0 Å². The number of carboxylic acid groups (broad SMARTS) is 2. The normalized spacial score (nSPS) is 12.2. The fourth-order valence-corrected chi connectivity index (χ4v) is 7.86. The van der Waals surface area contributed by atoms with E-state index in [0.717, 1.165) is 11.8 Å². The van der Waals surface area contributed by atoms with E-state index in [2.05, 4.69) is 52.8 Å². The molecule has 14 N–H and O–H groups in total. The van der Waals surface area contributed by atoms with Crippen LogP contribution in [0.3, 0.4) is 0 Å². The Morgan fingerprint density at radius 2 is 1.12 bits per heavy atom. The summed E-state index contributed by atoms with van der Waals surface area (Å²) >= 11 is 4.38. The maximum atomic E-state index is 13.4. The largest absolute Gasteiger partial charge is 0.480 e. The van der Waals surface area contributed by atoms with Crippen molar-refractivity contribution >= 4 is 110 Å².